The summed E-state index contributed by atoms with van der Waals surface area (Å²) in [6, 6.07) is 6.96. The molecule has 3 aromatic heterocycles. The van der Waals surface area contributed by atoms with Gasteiger partial charge in [0, 0.05) is 37.7 Å². The third kappa shape index (κ3) is 4.42. The minimum absolute atomic E-state index is 0.0977. The standard InChI is InChI=1S/C21H24N6O4/c1-12-7-18(26(2)24-12)20(28)23-17-9-19(25-27(3)21(17)29)31-11-13-8-15(13)16-6-5-14(30-4)10-22-16/h5-7,9-10,13,15H,8,11H2,1-4H3,(H,23,28). The van der Waals surface area contributed by atoms with Crippen LogP contribution in [0, 0.1) is 12.8 Å². The summed E-state index contributed by atoms with van der Waals surface area (Å²) in [6.45, 7) is 2.23. The molecular formula is C21H24N6O4. The van der Waals surface area contributed by atoms with Crippen LogP contribution in [0.2, 0.25) is 0 Å². The van der Waals surface area contributed by atoms with Gasteiger partial charge in [0.25, 0.3) is 11.5 Å². The van der Waals surface area contributed by atoms with Crippen LogP contribution >= 0.6 is 0 Å². The van der Waals surface area contributed by atoms with Gasteiger partial charge in [-0.1, -0.05) is 0 Å². The van der Waals surface area contributed by atoms with Crippen LogP contribution in [0.5, 0.6) is 11.6 Å². The molecule has 0 spiro atoms. The van der Waals surface area contributed by atoms with Crippen molar-refractivity contribution in [3.63, 3.8) is 0 Å². The summed E-state index contributed by atoms with van der Waals surface area (Å²) in [7, 11) is 4.80. The Morgan fingerprint density at radius 3 is 2.68 bits per heavy atom. The summed E-state index contributed by atoms with van der Waals surface area (Å²) in [5.41, 5.74) is 1.74. The minimum Gasteiger partial charge on any atom is -0.495 e. The highest BCUT2D eigenvalue weighted by Gasteiger charge is 2.40. The number of hydrogen-bond donors (Lipinski definition) is 1. The Balaban J connectivity index is 1.41. The molecule has 10 nitrogen and oxygen atoms in total. The number of carbonyl (C=O) groups excluding carboxylic acids is 1. The van der Waals surface area contributed by atoms with Crippen LogP contribution in [0.25, 0.3) is 0 Å². The lowest BCUT2D eigenvalue weighted by Crippen LogP contribution is -2.27. The van der Waals surface area contributed by atoms with Crippen molar-refractivity contribution >= 4 is 11.6 Å². The maximum Gasteiger partial charge on any atom is 0.290 e. The van der Waals surface area contributed by atoms with Crippen LogP contribution < -0.4 is 20.3 Å². The topological polar surface area (TPSA) is 113 Å². The average Bonchev–Trinajstić information content (AvgIpc) is 3.45. The van der Waals surface area contributed by atoms with Crippen molar-refractivity contribution in [3.8, 4) is 11.6 Å². The number of ether oxygens (including phenoxy) is 2. The largest absolute Gasteiger partial charge is 0.495 e. The molecule has 0 aromatic carbocycles. The summed E-state index contributed by atoms with van der Waals surface area (Å²) in [6.07, 6.45) is 2.67. The predicted octanol–water partition coefficient (Wildman–Crippen LogP) is 1.66. The molecule has 3 aromatic rings. The molecule has 1 N–H and O–H groups in total. The number of methoxy groups -OCH3 is 1. The van der Waals surface area contributed by atoms with Crippen molar-refractivity contribution in [2.45, 2.75) is 19.3 Å². The fraction of sp³-hybridized carbons (Fsp3) is 0.381. The molecular weight excluding hydrogens is 400 g/mol. The second-order valence-corrected chi connectivity index (χ2v) is 7.61. The molecule has 0 radical (unpaired) electrons. The second-order valence-electron chi connectivity index (χ2n) is 7.61. The maximum atomic E-state index is 12.5. The summed E-state index contributed by atoms with van der Waals surface area (Å²) >= 11 is 0. The lowest BCUT2D eigenvalue weighted by Gasteiger charge is -2.10. The molecule has 0 bridgehead atoms. The molecule has 162 valence electrons. The molecule has 1 aliphatic carbocycles. The van der Waals surface area contributed by atoms with Gasteiger partial charge < -0.3 is 14.8 Å². The van der Waals surface area contributed by atoms with E-state index in [0.717, 1.165) is 22.5 Å². The predicted molar refractivity (Wildman–Crippen MR) is 113 cm³/mol. The number of aromatic nitrogens is 5. The van der Waals surface area contributed by atoms with E-state index in [1.165, 1.54) is 17.8 Å². The van der Waals surface area contributed by atoms with Gasteiger partial charge in [-0.25, -0.2) is 4.68 Å². The first-order valence-electron chi connectivity index (χ1n) is 9.88. The summed E-state index contributed by atoms with van der Waals surface area (Å²) in [5, 5.41) is 10.9. The third-order valence-corrected chi connectivity index (χ3v) is 5.27. The van der Waals surface area contributed by atoms with Crippen molar-refractivity contribution in [1.82, 2.24) is 24.5 Å². The van der Waals surface area contributed by atoms with Gasteiger partial charge in [0.15, 0.2) is 0 Å². The number of aryl methyl sites for hydroxylation is 3. The number of nitrogens with zero attached hydrogens (tertiary/aromatic N) is 5. The van der Waals surface area contributed by atoms with Crippen molar-refractivity contribution in [2.24, 2.45) is 20.0 Å². The number of anilines is 1. The SMILES string of the molecule is COc1ccc(C2CC2COc2cc(NC(=O)c3cc(C)nn3C)c(=O)n(C)n2)nc1. The van der Waals surface area contributed by atoms with Crippen LogP contribution in [0.3, 0.4) is 0 Å². The first-order chi connectivity index (χ1) is 14.9. The number of pyridine rings is 1. The smallest absolute Gasteiger partial charge is 0.290 e. The monoisotopic (exact) mass is 424 g/mol. The van der Waals surface area contributed by atoms with E-state index < -0.39 is 11.5 Å². The number of nitrogens with one attached hydrogen (secondary N) is 1. The van der Waals surface area contributed by atoms with Crippen LogP contribution in [0.1, 0.15) is 34.2 Å². The van der Waals surface area contributed by atoms with Gasteiger partial charge >= 0.3 is 0 Å². The van der Waals surface area contributed by atoms with E-state index in [-0.39, 0.29) is 11.6 Å². The van der Waals surface area contributed by atoms with E-state index in [1.807, 2.05) is 12.1 Å². The number of hydrogen-bond acceptors (Lipinski definition) is 7. The van der Waals surface area contributed by atoms with Crippen molar-refractivity contribution in [2.75, 3.05) is 19.0 Å². The van der Waals surface area contributed by atoms with Crippen molar-refractivity contribution in [1.29, 1.82) is 0 Å². The molecule has 2 unspecified atom stereocenters. The van der Waals surface area contributed by atoms with Gasteiger partial charge in [0.1, 0.15) is 17.1 Å². The lowest BCUT2D eigenvalue weighted by molar-refractivity contribution is 0.101. The molecule has 3 heterocycles. The highest BCUT2D eigenvalue weighted by molar-refractivity contribution is 6.03. The fourth-order valence-electron chi connectivity index (χ4n) is 3.47. The van der Waals surface area contributed by atoms with E-state index in [9.17, 15) is 9.59 Å². The number of carbonyl (C=O) groups is 1. The Morgan fingerprint density at radius 1 is 1.23 bits per heavy atom. The summed E-state index contributed by atoms with van der Waals surface area (Å²) in [5.74, 6) is 1.21. The number of rotatable bonds is 7. The Bertz CT molecular complexity index is 1170. The van der Waals surface area contributed by atoms with Crippen LogP contribution in [-0.2, 0) is 14.1 Å². The van der Waals surface area contributed by atoms with Gasteiger partial charge in [-0.15, -0.1) is 5.10 Å². The zero-order valence-electron chi connectivity index (χ0n) is 17.8. The normalized spacial score (nSPS) is 17.3. The van der Waals surface area contributed by atoms with Crippen LogP contribution in [0.15, 0.2) is 35.3 Å². The molecule has 0 saturated heterocycles. The highest BCUT2D eigenvalue weighted by Crippen LogP contribution is 2.46. The van der Waals surface area contributed by atoms with Crippen LogP contribution in [0.4, 0.5) is 5.69 Å². The van der Waals surface area contributed by atoms with Gasteiger partial charge in [0.2, 0.25) is 5.88 Å². The molecule has 1 saturated carbocycles. The maximum absolute atomic E-state index is 12.5. The lowest BCUT2D eigenvalue weighted by atomic mass is 10.2. The first kappa shape index (κ1) is 20.6. The molecule has 4 rings (SSSR count). The van der Waals surface area contributed by atoms with Crippen molar-refractivity contribution < 1.29 is 14.3 Å². The minimum atomic E-state index is -0.426. The van der Waals surface area contributed by atoms with Crippen LogP contribution in [-0.4, -0.2) is 44.2 Å². The average molecular weight is 424 g/mol. The zero-order chi connectivity index (χ0) is 22.1. The highest BCUT2D eigenvalue weighted by atomic mass is 16.5. The van der Waals surface area contributed by atoms with E-state index in [2.05, 4.69) is 20.5 Å². The number of amides is 1. The van der Waals surface area contributed by atoms with Gasteiger partial charge in [-0.05, 0) is 31.5 Å². The van der Waals surface area contributed by atoms with E-state index in [0.29, 0.717) is 29.8 Å². The van der Waals surface area contributed by atoms with Gasteiger partial charge in [0.05, 0.1) is 25.6 Å². The second kappa shape index (κ2) is 8.21. The third-order valence-electron chi connectivity index (χ3n) is 5.27. The van der Waals surface area contributed by atoms with E-state index in [4.69, 9.17) is 9.47 Å². The first-order valence-corrected chi connectivity index (χ1v) is 9.88. The van der Waals surface area contributed by atoms with E-state index >= 15 is 0 Å². The molecule has 31 heavy (non-hydrogen) atoms. The Morgan fingerprint density at radius 2 is 2.03 bits per heavy atom. The molecule has 0 aliphatic heterocycles. The van der Waals surface area contributed by atoms with Gasteiger partial charge in [-0.2, -0.15) is 5.10 Å². The molecule has 1 aliphatic rings. The van der Waals surface area contributed by atoms with Gasteiger partial charge in [-0.3, -0.25) is 19.3 Å². The summed E-state index contributed by atoms with van der Waals surface area (Å²) < 4.78 is 13.6. The molecule has 1 amide bonds. The Hall–Kier alpha value is -3.69. The fourth-order valence-corrected chi connectivity index (χ4v) is 3.47. The van der Waals surface area contributed by atoms with E-state index in [1.54, 1.807) is 33.3 Å². The zero-order valence-corrected chi connectivity index (χ0v) is 17.8. The quantitative estimate of drug-likeness (QED) is 0.614. The molecule has 1 fully saturated rings. The Kier molecular flexibility index (Phi) is 5.45. The molecule has 2 atom stereocenters. The molecule has 10 heteroatoms. The summed E-state index contributed by atoms with van der Waals surface area (Å²) in [4.78, 5) is 29.4. The Labute approximate surface area is 178 Å². The van der Waals surface area contributed by atoms with Crippen molar-refractivity contribution in [3.05, 3.63) is 57.9 Å².